The minimum atomic E-state index is 0.637. The van der Waals surface area contributed by atoms with Crippen molar-refractivity contribution in [3.05, 3.63) is 64.7 Å². The van der Waals surface area contributed by atoms with E-state index in [0.29, 0.717) is 6.61 Å². The molecule has 0 amide bonds. The van der Waals surface area contributed by atoms with Crippen molar-refractivity contribution in [1.82, 2.24) is 0 Å². The second-order valence-electron chi connectivity index (χ2n) is 4.41. The number of benzene rings is 2. The first-order valence-corrected chi connectivity index (χ1v) is 5.92. The molecular formula is C16H18O. The van der Waals surface area contributed by atoms with Crippen molar-refractivity contribution < 1.29 is 4.74 Å². The lowest BCUT2D eigenvalue weighted by atomic mass is 10.0. The predicted octanol–water partition coefficient (Wildman–Crippen LogP) is 4.19. The molecule has 0 radical (unpaired) electrons. The topological polar surface area (TPSA) is 9.23 Å². The van der Waals surface area contributed by atoms with Gasteiger partial charge in [-0.15, -0.1) is 0 Å². The van der Waals surface area contributed by atoms with Crippen LogP contribution in [0.25, 0.3) is 0 Å². The summed E-state index contributed by atoms with van der Waals surface area (Å²) < 4.78 is 5.86. The molecule has 0 atom stereocenters. The second-order valence-corrected chi connectivity index (χ2v) is 4.41. The smallest absolute Gasteiger partial charge is 0.122 e. The van der Waals surface area contributed by atoms with Crippen molar-refractivity contribution in [3.8, 4) is 5.75 Å². The molecule has 0 bridgehead atoms. The lowest BCUT2D eigenvalue weighted by molar-refractivity contribution is 0.303. The van der Waals surface area contributed by atoms with Gasteiger partial charge in [-0.2, -0.15) is 0 Å². The molecule has 17 heavy (non-hydrogen) atoms. The zero-order chi connectivity index (χ0) is 12.3. The lowest BCUT2D eigenvalue weighted by Crippen LogP contribution is -2.00. The molecule has 0 aromatic heterocycles. The van der Waals surface area contributed by atoms with E-state index in [0.717, 1.165) is 5.75 Å². The molecule has 1 nitrogen and oxygen atoms in total. The standard InChI is InChI=1S/C16H18O/c1-12-8-6-9-15(14(12)3)11-17-16-10-5-4-7-13(16)2/h4-10H,11H2,1-3H3. The fourth-order valence-electron chi connectivity index (χ4n) is 1.84. The minimum Gasteiger partial charge on any atom is -0.489 e. The molecule has 0 aliphatic rings. The highest BCUT2D eigenvalue weighted by Crippen LogP contribution is 2.19. The average molecular weight is 226 g/mol. The third kappa shape index (κ3) is 2.68. The van der Waals surface area contributed by atoms with Crippen molar-refractivity contribution in [3.63, 3.8) is 0 Å². The Balaban J connectivity index is 2.13. The van der Waals surface area contributed by atoms with Crippen LogP contribution < -0.4 is 4.74 Å². The molecule has 0 fully saturated rings. The van der Waals surface area contributed by atoms with Gasteiger partial charge in [0.2, 0.25) is 0 Å². The van der Waals surface area contributed by atoms with E-state index in [9.17, 15) is 0 Å². The number of hydrogen-bond acceptors (Lipinski definition) is 1. The van der Waals surface area contributed by atoms with Crippen LogP contribution in [-0.2, 0) is 6.61 Å². The zero-order valence-electron chi connectivity index (χ0n) is 10.7. The molecule has 88 valence electrons. The first-order valence-electron chi connectivity index (χ1n) is 5.92. The van der Waals surface area contributed by atoms with Gasteiger partial charge in [0.05, 0.1) is 0 Å². The molecule has 0 spiro atoms. The van der Waals surface area contributed by atoms with E-state index in [1.54, 1.807) is 0 Å². The SMILES string of the molecule is Cc1ccccc1OCc1cccc(C)c1C. The Kier molecular flexibility index (Phi) is 3.48. The summed E-state index contributed by atoms with van der Waals surface area (Å²) in [6.07, 6.45) is 0. The van der Waals surface area contributed by atoms with Gasteiger partial charge in [0, 0.05) is 0 Å². The maximum Gasteiger partial charge on any atom is 0.122 e. The highest BCUT2D eigenvalue weighted by Gasteiger charge is 2.02. The normalized spacial score (nSPS) is 10.3. The van der Waals surface area contributed by atoms with Gasteiger partial charge >= 0.3 is 0 Å². The van der Waals surface area contributed by atoms with Crippen LogP contribution in [0.1, 0.15) is 22.3 Å². The molecule has 0 heterocycles. The first-order chi connectivity index (χ1) is 8.18. The van der Waals surface area contributed by atoms with Gasteiger partial charge in [-0.25, -0.2) is 0 Å². The third-order valence-electron chi connectivity index (χ3n) is 3.19. The second kappa shape index (κ2) is 5.05. The van der Waals surface area contributed by atoms with Crippen molar-refractivity contribution in [2.24, 2.45) is 0 Å². The highest BCUT2D eigenvalue weighted by molar-refractivity contribution is 5.35. The van der Waals surface area contributed by atoms with E-state index in [1.165, 1.54) is 22.3 Å². The van der Waals surface area contributed by atoms with Gasteiger partial charge in [0.1, 0.15) is 12.4 Å². The Morgan fingerprint density at radius 1 is 0.824 bits per heavy atom. The summed E-state index contributed by atoms with van der Waals surface area (Å²) in [5.74, 6) is 0.966. The van der Waals surface area contributed by atoms with Crippen LogP contribution in [0.2, 0.25) is 0 Å². The van der Waals surface area contributed by atoms with Crippen molar-refractivity contribution in [1.29, 1.82) is 0 Å². The third-order valence-corrected chi connectivity index (χ3v) is 3.19. The predicted molar refractivity (Wildman–Crippen MR) is 71.4 cm³/mol. The van der Waals surface area contributed by atoms with Gasteiger partial charge < -0.3 is 4.74 Å². The van der Waals surface area contributed by atoms with Crippen molar-refractivity contribution in [2.75, 3.05) is 0 Å². The van der Waals surface area contributed by atoms with E-state index in [4.69, 9.17) is 4.74 Å². The van der Waals surface area contributed by atoms with Gasteiger partial charge in [0.15, 0.2) is 0 Å². The zero-order valence-corrected chi connectivity index (χ0v) is 10.7. The van der Waals surface area contributed by atoms with Crippen LogP contribution in [0.15, 0.2) is 42.5 Å². The maximum atomic E-state index is 5.86. The molecule has 0 unspecified atom stereocenters. The van der Waals surface area contributed by atoms with Crippen LogP contribution in [0.3, 0.4) is 0 Å². The number of rotatable bonds is 3. The van der Waals surface area contributed by atoms with Gasteiger partial charge in [0.25, 0.3) is 0 Å². The Labute approximate surface area is 103 Å². The first kappa shape index (κ1) is 11.7. The summed E-state index contributed by atoms with van der Waals surface area (Å²) in [6.45, 7) is 6.98. The van der Waals surface area contributed by atoms with Gasteiger partial charge in [-0.3, -0.25) is 0 Å². The van der Waals surface area contributed by atoms with Gasteiger partial charge in [-0.1, -0.05) is 36.4 Å². The summed E-state index contributed by atoms with van der Waals surface area (Å²) >= 11 is 0. The largest absolute Gasteiger partial charge is 0.489 e. The Morgan fingerprint density at radius 2 is 1.53 bits per heavy atom. The summed E-state index contributed by atoms with van der Waals surface area (Å²) in [7, 11) is 0. The van der Waals surface area contributed by atoms with Crippen LogP contribution in [0.4, 0.5) is 0 Å². The molecule has 2 aromatic rings. The van der Waals surface area contributed by atoms with E-state index < -0.39 is 0 Å². The fraction of sp³-hybridized carbons (Fsp3) is 0.250. The van der Waals surface area contributed by atoms with Crippen LogP contribution in [0, 0.1) is 20.8 Å². The molecule has 1 heteroatoms. The lowest BCUT2D eigenvalue weighted by Gasteiger charge is -2.11. The van der Waals surface area contributed by atoms with E-state index in [1.807, 2.05) is 18.2 Å². The van der Waals surface area contributed by atoms with Gasteiger partial charge in [-0.05, 0) is 49.1 Å². The molecule has 0 N–H and O–H groups in total. The highest BCUT2D eigenvalue weighted by atomic mass is 16.5. The van der Waals surface area contributed by atoms with Crippen molar-refractivity contribution >= 4 is 0 Å². The maximum absolute atomic E-state index is 5.86. The quantitative estimate of drug-likeness (QED) is 0.762. The number of ether oxygens (including phenoxy) is 1. The molecule has 0 aliphatic carbocycles. The van der Waals surface area contributed by atoms with Crippen molar-refractivity contribution in [2.45, 2.75) is 27.4 Å². The molecule has 0 saturated heterocycles. The van der Waals surface area contributed by atoms with Crippen LogP contribution in [0.5, 0.6) is 5.75 Å². The Hall–Kier alpha value is -1.76. The van der Waals surface area contributed by atoms with Crippen LogP contribution in [-0.4, -0.2) is 0 Å². The van der Waals surface area contributed by atoms with E-state index >= 15 is 0 Å². The number of para-hydroxylation sites is 1. The molecule has 2 aromatic carbocycles. The number of hydrogen-bond donors (Lipinski definition) is 0. The monoisotopic (exact) mass is 226 g/mol. The minimum absolute atomic E-state index is 0.637. The molecule has 2 rings (SSSR count). The summed E-state index contributed by atoms with van der Waals surface area (Å²) in [5.41, 5.74) is 5.07. The fourth-order valence-corrected chi connectivity index (χ4v) is 1.84. The molecular weight excluding hydrogens is 208 g/mol. The average Bonchev–Trinajstić information content (AvgIpc) is 2.33. The molecule has 0 aliphatic heterocycles. The number of aryl methyl sites for hydroxylation is 2. The van der Waals surface area contributed by atoms with E-state index in [2.05, 4.69) is 45.0 Å². The summed E-state index contributed by atoms with van der Waals surface area (Å²) in [6, 6.07) is 14.5. The Morgan fingerprint density at radius 3 is 2.29 bits per heavy atom. The summed E-state index contributed by atoms with van der Waals surface area (Å²) in [5, 5.41) is 0. The van der Waals surface area contributed by atoms with Crippen LogP contribution >= 0.6 is 0 Å². The Bertz CT molecular complexity index is 515. The summed E-state index contributed by atoms with van der Waals surface area (Å²) in [4.78, 5) is 0. The molecule has 0 saturated carbocycles. The van der Waals surface area contributed by atoms with E-state index in [-0.39, 0.29) is 0 Å².